The molecule has 1 heterocycles. The van der Waals surface area contributed by atoms with Crippen molar-refractivity contribution in [2.24, 2.45) is 7.05 Å². The third kappa shape index (κ3) is 2.82. The van der Waals surface area contributed by atoms with Crippen LogP contribution in [0.5, 0.6) is 5.75 Å². The summed E-state index contributed by atoms with van der Waals surface area (Å²) in [5, 5.41) is 5.50. The van der Waals surface area contributed by atoms with Crippen molar-refractivity contribution < 1.29 is 9.13 Å². The summed E-state index contributed by atoms with van der Waals surface area (Å²) in [4.78, 5) is 0. The summed E-state index contributed by atoms with van der Waals surface area (Å²) >= 11 is 0. The quantitative estimate of drug-likeness (QED) is 0.402. The topological polar surface area (TPSA) is 27.1 Å². The van der Waals surface area contributed by atoms with E-state index in [0.717, 1.165) is 52.1 Å². The molecular weight excluding hydrogens is 375 g/mol. The predicted molar refractivity (Wildman–Crippen MR) is 116 cm³/mol. The van der Waals surface area contributed by atoms with E-state index in [0.29, 0.717) is 5.56 Å². The zero-order chi connectivity index (χ0) is 20.2. The summed E-state index contributed by atoms with van der Waals surface area (Å²) in [6, 6.07) is 18.1. The number of hydrogen-bond acceptors (Lipinski definition) is 2. The maximum absolute atomic E-state index is 15.0. The number of ether oxygens (including phenoxy) is 1. The fraction of sp³-hybridized carbons (Fsp3) is 0.269. The van der Waals surface area contributed by atoms with Gasteiger partial charge in [-0.25, -0.2) is 4.39 Å². The fourth-order valence-electron chi connectivity index (χ4n) is 4.89. The Morgan fingerprint density at radius 3 is 2.60 bits per heavy atom. The molecule has 2 aliphatic carbocycles. The van der Waals surface area contributed by atoms with Crippen LogP contribution < -0.4 is 4.74 Å². The molecule has 1 atom stereocenters. The van der Waals surface area contributed by atoms with Crippen LogP contribution in [0, 0.1) is 5.82 Å². The largest absolute Gasteiger partial charge is 0.486 e. The Balaban J connectivity index is 1.39. The molecule has 0 radical (unpaired) electrons. The van der Waals surface area contributed by atoms with Gasteiger partial charge < -0.3 is 4.74 Å². The minimum atomic E-state index is -0.252. The van der Waals surface area contributed by atoms with Gasteiger partial charge in [0.2, 0.25) is 0 Å². The molecule has 150 valence electrons. The first-order chi connectivity index (χ1) is 14.7. The average molecular weight is 398 g/mol. The van der Waals surface area contributed by atoms with Crippen LogP contribution in [0.1, 0.15) is 48.0 Å². The van der Waals surface area contributed by atoms with E-state index >= 15 is 0 Å². The molecule has 1 fully saturated rings. The van der Waals surface area contributed by atoms with E-state index in [1.807, 2.05) is 42.2 Å². The number of fused-ring (bicyclic) bond motifs is 2. The lowest BCUT2D eigenvalue weighted by Crippen LogP contribution is -2.06. The lowest BCUT2D eigenvalue weighted by Gasteiger charge is -2.17. The summed E-state index contributed by atoms with van der Waals surface area (Å²) in [7, 11) is 1.95. The highest BCUT2D eigenvalue weighted by Gasteiger charge is 2.31. The standard InChI is InChI=1S/C26H23FN2O/c1-29-26-18(15-28-29)3-2-4-22(26)20-11-13-23(27)25-21(20)12-14-24(25)30-19-9-7-17(8-10-19)16-5-6-16/h2-4,7-11,13,15-16,24H,5-6,12,14H2,1H3. The molecule has 1 unspecified atom stereocenters. The summed E-state index contributed by atoms with van der Waals surface area (Å²) in [5.74, 6) is 1.36. The fourth-order valence-corrected chi connectivity index (χ4v) is 4.89. The van der Waals surface area contributed by atoms with Gasteiger partial charge in [0.1, 0.15) is 17.7 Å². The third-order valence-electron chi connectivity index (χ3n) is 6.54. The molecule has 1 saturated carbocycles. The Hall–Kier alpha value is -3.14. The first-order valence-corrected chi connectivity index (χ1v) is 10.7. The van der Waals surface area contributed by atoms with E-state index in [4.69, 9.17) is 4.74 Å². The minimum absolute atomic E-state index is 0.178. The molecule has 30 heavy (non-hydrogen) atoms. The molecule has 4 heteroatoms. The van der Waals surface area contributed by atoms with Crippen LogP contribution in [-0.4, -0.2) is 9.78 Å². The summed E-state index contributed by atoms with van der Waals surface area (Å²) in [5.41, 5.74) is 6.40. The highest BCUT2D eigenvalue weighted by atomic mass is 19.1. The first kappa shape index (κ1) is 17.7. The van der Waals surface area contributed by atoms with Crippen LogP contribution in [0.4, 0.5) is 4.39 Å². The number of hydrogen-bond donors (Lipinski definition) is 0. The van der Waals surface area contributed by atoms with Gasteiger partial charge in [0.25, 0.3) is 0 Å². The second kappa shape index (κ2) is 6.69. The van der Waals surface area contributed by atoms with Crippen molar-refractivity contribution in [3.8, 4) is 16.9 Å². The van der Waals surface area contributed by atoms with E-state index in [9.17, 15) is 4.39 Å². The molecule has 2 aliphatic rings. The van der Waals surface area contributed by atoms with E-state index in [-0.39, 0.29) is 11.9 Å². The van der Waals surface area contributed by atoms with Gasteiger partial charge >= 0.3 is 0 Å². The second-order valence-electron chi connectivity index (χ2n) is 8.49. The summed E-state index contributed by atoms with van der Waals surface area (Å²) in [6.45, 7) is 0. The molecule has 1 aromatic heterocycles. The second-order valence-corrected chi connectivity index (χ2v) is 8.49. The first-order valence-electron chi connectivity index (χ1n) is 10.7. The summed E-state index contributed by atoms with van der Waals surface area (Å²) in [6.07, 6.45) is 5.79. The van der Waals surface area contributed by atoms with Crippen LogP contribution in [0.2, 0.25) is 0 Å². The molecule has 0 spiro atoms. The van der Waals surface area contributed by atoms with Crippen molar-refractivity contribution in [2.45, 2.75) is 37.7 Å². The van der Waals surface area contributed by atoms with Gasteiger partial charge in [0.05, 0.1) is 11.7 Å². The maximum Gasteiger partial charge on any atom is 0.130 e. The van der Waals surface area contributed by atoms with Crippen LogP contribution in [0.3, 0.4) is 0 Å². The van der Waals surface area contributed by atoms with Crippen LogP contribution >= 0.6 is 0 Å². The number of benzene rings is 3. The van der Waals surface area contributed by atoms with Crippen molar-refractivity contribution >= 4 is 10.9 Å². The van der Waals surface area contributed by atoms with Gasteiger partial charge in [0.15, 0.2) is 0 Å². The van der Waals surface area contributed by atoms with Crippen molar-refractivity contribution in [1.29, 1.82) is 0 Å². The minimum Gasteiger partial charge on any atom is -0.486 e. The smallest absolute Gasteiger partial charge is 0.130 e. The van der Waals surface area contributed by atoms with E-state index in [1.54, 1.807) is 6.07 Å². The van der Waals surface area contributed by atoms with Crippen molar-refractivity contribution in [3.05, 3.63) is 83.3 Å². The lowest BCUT2D eigenvalue weighted by atomic mass is 9.95. The molecule has 6 rings (SSSR count). The maximum atomic E-state index is 15.0. The zero-order valence-electron chi connectivity index (χ0n) is 16.9. The molecule has 0 bridgehead atoms. The number of aryl methyl sites for hydroxylation is 1. The molecule has 0 aliphatic heterocycles. The Morgan fingerprint density at radius 1 is 0.967 bits per heavy atom. The normalized spacial score (nSPS) is 18.0. The van der Waals surface area contributed by atoms with Gasteiger partial charge in [-0.2, -0.15) is 5.10 Å². The average Bonchev–Trinajstić information content (AvgIpc) is 3.43. The van der Waals surface area contributed by atoms with Crippen LogP contribution in [0.15, 0.2) is 60.8 Å². The molecule has 0 N–H and O–H groups in total. The van der Waals surface area contributed by atoms with Crippen molar-refractivity contribution in [2.75, 3.05) is 0 Å². The highest BCUT2D eigenvalue weighted by Crippen LogP contribution is 2.44. The molecular formula is C26H23FN2O. The Kier molecular flexibility index (Phi) is 3.95. The lowest BCUT2D eigenvalue weighted by molar-refractivity contribution is 0.203. The third-order valence-corrected chi connectivity index (χ3v) is 6.54. The molecule has 3 aromatic carbocycles. The highest BCUT2D eigenvalue weighted by molar-refractivity contribution is 5.95. The Morgan fingerprint density at radius 2 is 1.80 bits per heavy atom. The zero-order valence-corrected chi connectivity index (χ0v) is 16.9. The monoisotopic (exact) mass is 398 g/mol. The van der Waals surface area contributed by atoms with Gasteiger partial charge in [-0.1, -0.05) is 36.4 Å². The van der Waals surface area contributed by atoms with E-state index in [1.165, 1.54) is 18.4 Å². The Labute approximate surface area is 175 Å². The van der Waals surface area contributed by atoms with Crippen molar-refractivity contribution in [3.63, 3.8) is 0 Å². The van der Waals surface area contributed by atoms with E-state index < -0.39 is 0 Å². The van der Waals surface area contributed by atoms with Gasteiger partial charge in [-0.05, 0) is 66.5 Å². The van der Waals surface area contributed by atoms with Gasteiger partial charge in [-0.3, -0.25) is 4.68 Å². The number of halogens is 1. The van der Waals surface area contributed by atoms with Crippen LogP contribution in [0.25, 0.3) is 22.0 Å². The van der Waals surface area contributed by atoms with Gasteiger partial charge in [0, 0.05) is 23.6 Å². The number of nitrogens with zero attached hydrogens (tertiary/aromatic N) is 2. The van der Waals surface area contributed by atoms with Crippen molar-refractivity contribution in [1.82, 2.24) is 9.78 Å². The molecule has 4 aromatic rings. The number of para-hydroxylation sites is 1. The Bertz CT molecular complexity index is 1250. The van der Waals surface area contributed by atoms with Crippen LogP contribution in [-0.2, 0) is 13.5 Å². The number of rotatable bonds is 4. The van der Waals surface area contributed by atoms with Gasteiger partial charge in [-0.15, -0.1) is 0 Å². The predicted octanol–water partition coefficient (Wildman–Crippen LogP) is 6.32. The molecule has 0 amide bonds. The summed E-state index contributed by atoms with van der Waals surface area (Å²) < 4.78 is 23.1. The number of aromatic nitrogens is 2. The molecule has 0 saturated heterocycles. The van der Waals surface area contributed by atoms with E-state index in [2.05, 4.69) is 29.4 Å². The molecule has 3 nitrogen and oxygen atoms in total. The SMILES string of the molecule is Cn1ncc2cccc(-c3ccc(F)c4c3CCC4Oc3ccc(C4CC4)cc3)c21.